The summed E-state index contributed by atoms with van der Waals surface area (Å²) in [5, 5.41) is 8.23. The molecular formula is C46H80N4O15. The Morgan fingerprint density at radius 2 is 0.692 bits per heavy atom. The van der Waals surface area contributed by atoms with Crippen molar-refractivity contribution in [1.82, 2.24) is 20.9 Å². The normalized spacial score (nSPS) is 11.1. The van der Waals surface area contributed by atoms with E-state index in [0.717, 1.165) is 12.8 Å². The Morgan fingerprint density at radius 1 is 0.338 bits per heavy atom. The molecule has 0 unspecified atom stereocenters. The van der Waals surface area contributed by atoms with E-state index in [9.17, 15) is 43.2 Å². The number of carbonyl (C=O) groups excluding carboxylic acids is 9. The summed E-state index contributed by atoms with van der Waals surface area (Å²) in [7, 11) is 0. The molecule has 0 fully saturated rings. The number of hydrogen-bond acceptors (Lipinski definition) is 16. The number of hydrogen-bond donors (Lipinski definition) is 3. The minimum absolute atomic E-state index is 0.0160. The van der Waals surface area contributed by atoms with Crippen LogP contribution in [-0.4, -0.2) is 176 Å². The highest BCUT2D eigenvalue weighted by atomic mass is 16.5. The average Bonchev–Trinajstić information content (AvgIpc) is 3.26. The van der Waals surface area contributed by atoms with Gasteiger partial charge in [-0.05, 0) is 52.4 Å². The van der Waals surface area contributed by atoms with E-state index in [1.165, 1.54) is 18.7 Å². The van der Waals surface area contributed by atoms with Gasteiger partial charge in [0.15, 0.2) is 0 Å². The zero-order chi connectivity index (χ0) is 48.2. The zero-order valence-electron chi connectivity index (χ0n) is 39.6. The molecule has 0 spiro atoms. The van der Waals surface area contributed by atoms with Gasteiger partial charge < -0.3 is 54.0 Å². The Bertz CT molecular complexity index is 1310. The van der Waals surface area contributed by atoms with E-state index in [1.54, 1.807) is 0 Å². The molecule has 374 valence electrons. The summed E-state index contributed by atoms with van der Waals surface area (Å²) in [4.78, 5) is 110. The highest BCUT2D eigenvalue weighted by Gasteiger charge is 2.18. The molecule has 0 saturated heterocycles. The van der Waals surface area contributed by atoms with Crippen molar-refractivity contribution in [3.63, 3.8) is 0 Å². The van der Waals surface area contributed by atoms with Crippen LogP contribution in [0.3, 0.4) is 0 Å². The highest BCUT2D eigenvalue weighted by molar-refractivity contribution is 5.87. The lowest BCUT2D eigenvalue weighted by Crippen LogP contribution is -2.43. The minimum atomic E-state index is -0.369. The van der Waals surface area contributed by atoms with E-state index < -0.39 is 0 Å². The van der Waals surface area contributed by atoms with Crippen LogP contribution in [0.5, 0.6) is 0 Å². The first kappa shape index (κ1) is 61.1. The largest absolute Gasteiger partial charge is 0.381 e. The van der Waals surface area contributed by atoms with Gasteiger partial charge in [0.2, 0.25) is 17.7 Å². The predicted molar refractivity (Wildman–Crippen MR) is 241 cm³/mol. The fourth-order valence-corrected chi connectivity index (χ4v) is 5.77. The van der Waals surface area contributed by atoms with Gasteiger partial charge in [0, 0.05) is 123 Å². The Labute approximate surface area is 386 Å². The van der Waals surface area contributed by atoms with Crippen LogP contribution in [0, 0.1) is 0 Å². The van der Waals surface area contributed by atoms with E-state index in [4.69, 9.17) is 28.4 Å². The zero-order valence-corrected chi connectivity index (χ0v) is 39.6. The number of Topliss-reactive ketones (excluding diaryl/α,β-unsaturated/α-hetero) is 6. The first-order valence-electron chi connectivity index (χ1n) is 23.4. The molecule has 19 heteroatoms. The number of carbonyl (C=O) groups is 9. The molecule has 0 radical (unpaired) electrons. The molecule has 0 aromatic carbocycles. The van der Waals surface area contributed by atoms with Crippen LogP contribution < -0.4 is 16.0 Å². The number of ketones is 6. The van der Waals surface area contributed by atoms with E-state index in [-0.39, 0.29) is 143 Å². The molecule has 0 aliphatic rings. The maximum Gasteiger partial charge on any atom is 0.234 e. The number of nitrogens with zero attached hydrogens (tertiary/aromatic N) is 1. The van der Waals surface area contributed by atoms with Gasteiger partial charge in [-0.3, -0.25) is 38.5 Å². The fourth-order valence-electron chi connectivity index (χ4n) is 5.77. The summed E-state index contributed by atoms with van der Waals surface area (Å²) < 4.78 is 32.9. The Morgan fingerprint density at radius 3 is 1.12 bits per heavy atom. The maximum atomic E-state index is 12.9. The van der Waals surface area contributed by atoms with Crippen LogP contribution in [-0.2, 0) is 71.6 Å². The molecule has 0 rings (SSSR count). The van der Waals surface area contributed by atoms with Gasteiger partial charge in [-0.25, -0.2) is 0 Å². The molecule has 0 aromatic rings. The van der Waals surface area contributed by atoms with Gasteiger partial charge >= 0.3 is 0 Å². The second-order valence-corrected chi connectivity index (χ2v) is 15.7. The molecule has 0 saturated carbocycles. The van der Waals surface area contributed by atoms with E-state index in [1.807, 2.05) is 6.92 Å². The monoisotopic (exact) mass is 929 g/mol. The topological polar surface area (TPSA) is 248 Å². The Hall–Kier alpha value is -3.85. The van der Waals surface area contributed by atoms with Gasteiger partial charge in [0.1, 0.15) is 34.7 Å². The van der Waals surface area contributed by atoms with Gasteiger partial charge in [-0.2, -0.15) is 0 Å². The molecule has 19 nitrogen and oxygen atoms in total. The molecule has 0 bridgehead atoms. The lowest BCUT2D eigenvalue weighted by atomic mass is 10.1. The molecule has 3 N–H and O–H groups in total. The standard InChI is InChI=1S/C46H80N4O15/c1-4-23-60-28-9-20-47-44(57)18-19-45(58)48-21-29-63-31-33-65-34-32-64-30-22-49-46(59)37-50(35-42(55)12-7-26-61-24-5-10-40(53)16-14-38(2)51)36-43(56)13-8-27-62-25-6-11-41(54)17-15-39(3)52/h4-37H2,1-3H3,(H,47,57)(H,48,58)(H,49,59). The second-order valence-electron chi connectivity index (χ2n) is 15.7. The molecule has 0 aliphatic heterocycles. The van der Waals surface area contributed by atoms with Crippen molar-refractivity contribution in [3.05, 3.63) is 0 Å². The third kappa shape index (κ3) is 45.1. The van der Waals surface area contributed by atoms with Crippen LogP contribution in [0.2, 0.25) is 0 Å². The highest BCUT2D eigenvalue weighted by Crippen LogP contribution is 2.04. The lowest BCUT2D eigenvalue weighted by molar-refractivity contribution is -0.127. The Kier molecular flexibility index (Phi) is 41.4. The predicted octanol–water partition coefficient (Wildman–Crippen LogP) is 2.45. The van der Waals surface area contributed by atoms with E-state index in [0.29, 0.717) is 118 Å². The summed E-state index contributed by atoms with van der Waals surface area (Å²) in [5.74, 6) is -1.08. The van der Waals surface area contributed by atoms with Crippen molar-refractivity contribution < 1.29 is 71.6 Å². The third-order valence-corrected chi connectivity index (χ3v) is 9.25. The summed E-state index contributed by atoms with van der Waals surface area (Å²) in [6.07, 6.45) is 5.85. The molecular weight excluding hydrogens is 849 g/mol. The van der Waals surface area contributed by atoms with Crippen LogP contribution >= 0.6 is 0 Å². The van der Waals surface area contributed by atoms with E-state index in [2.05, 4.69) is 16.0 Å². The molecule has 0 atom stereocenters. The smallest absolute Gasteiger partial charge is 0.234 e. The van der Waals surface area contributed by atoms with Crippen molar-refractivity contribution in [2.75, 3.05) is 119 Å². The minimum Gasteiger partial charge on any atom is -0.381 e. The lowest BCUT2D eigenvalue weighted by Gasteiger charge is -2.20. The molecule has 0 aliphatic carbocycles. The van der Waals surface area contributed by atoms with Gasteiger partial charge in [-0.1, -0.05) is 6.92 Å². The molecule has 3 amide bonds. The van der Waals surface area contributed by atoms with Crippen LogP contribution in [0.25, 0.3) is 0 Å². The van der Waals surface area contributed by atoms with Crippen molar-refractivity contribution in [3.8, 4) is 0 Å². The maximum absolute atomic E-state index is 12.9. The first-order chi connectivity index (χ1) is 31.3. The second kappa shape index (κ2) is 44.0. The van der Waals surface area contributed by atoms with Crippen molar-refractivity contribution in [2.45, 2.75) is 124 Å². The Balaban J connectivity index is 4.35. The van der Waals surface area contributed by atoms with E-state index >= 15 is 0 Å². The SMILES string of the molecule is CCCOCCCNC(=O)CCC(=O)NCCOCCOCCOCCNC(=O)CN(CC(=O)CCCOCCCC(=O)CCC(C)=O)CC(=O)CCCOCCCC(=O)CCC(C)=O. The van der Waals surface area contributed by atoms with Crippen LogP contribution in [0.15, 0.2) is 0 Å². The summed E-state index contributed by atoms with van der Waals surface area (Å²) in [6.45, 7) is 10.0. The molecule has 65 heavy (non-hydrogen) atoms. The number of amides is 3. The average molecular weight is 929 g/mol. The summed E-state index contributed by atoms with van der Waals surface area (Å²) in [6, 6.07) is 0. The molecule has 0 aromatic heterocycles. The van der Waals surface area contributed by atoms with Gasteiger partial charge in [0.05, 0.1) is 59.3 Å². The first-order valence-corrected chi connectivity index (χ1v) is 23.4. The molecule has 0 heterocycles. The van der Waals surface area contributed by atoms with Gasteiger partial charge in [0.25, 0.3) is 0 Å². The third-order valence-electron chi connectivity index (χ3n) is 9.25. The fraction of sp³-hybridized carbons (Fsp3) is 0.804. The van der Waals surface area contributed by atoms with Crippen molar-refractivity contribution >= 4 is 52.4 Å². The number of ether oxygens (including phenoxy) is 6. The van der Waals surface area contributed by atoms with Crippen LogP contribution in [0.1, 0.15) is 124 Å². The summed E-state index contributed by atoms with van der Waals surface area (Å²) >= 11 is 0. The van der Waals surface area contributed by atoms with Gasteiger partial charge in [-0.15, -0.1) is 0 Å². The number of nitrogens with one attached hydrogen (secondary N) is 3. The van der Waals surface area contributed by atoms with Crippen molar-refractivity contribution in [2.24, 2.45) is 0 Å². The van der Waals surface area contributed by atoms with Crippen LogP contribution in [0.4, 0.5) is 0 Å². The number of rotatable bonds is 49. The van der Waals surface area contributed by atoms with Crippen molar-refractivity contribution in [1.29, 1.82) is 0 Å². The summed E-state index contributed by atoms with van der Waals surface area (Å²) in [5.41, 5.74) is 0. The quantitative estimate of drug-likeness (QED) is 0.0742.